The number of rotatable bonds is 4. The third kappa shape index (κ3) is 4.69. The molecule has 0 spiro atoms. The van der Waals surface area contributed by atoms with Crippen molar-refractivity contribution in [3.63, 3.8) is 0 Å². The first kappa shape index (κ1) is 14.7. The quantitative estimate of drug-likeness (QED) is 0.873. The first-order chi connectivity index (χ1) is 10.3. The van der Waals surface area contributed by atoms with E-state index in [1.165, 1.54) is 0 Å². The van der Waals surface area contributed by atoms with Crippen LogP contribution < -0.4 is 10.5 Å². The smallest absolute Gasteiger partial charge is 0.119 e. The van der Waals surface area contributed by atoms with Gasteiger partial charge in [0.2, 0.25) is 0 Å². The molecular weight excluding hydrogens is 260 g/mol. The largest absolute Gasteiger partial charge is 0.489 e. The van der Waals surface area contributed by atoms with Gasteiger partial charge in [0.05, 0.1) is 19.0 Å². The standard InChI is InChI=1S/C18H16N2O/c19-12-1-2-15-3-5-17(6-4-15)14-21-18-9-7-16(8-10-18)11-13-20/h3-10H,11-12,14,19H2. The summed E-state index contributed by atoms with van der Waals surface area (Å²) in [5.41, 5.74) is 8.36. The van der Waals surface area contributed by atoms with Crippen LogP contribution in [-0.2, 0) is 13.0 Å². The van der Waals surface area contributed by atoms with Gasteiger partial charge in [-0.15, -0.1) is 0 Å². The monoisotopic (exact) mass is 276 g/mol. The molecule has 0 aliphatic rings. The van der Waals surface area contributed by atoms with Crippen molar-refractivity contribution in [1.29, 1.82) is 5.26 Å². The summed E-state index contributed by atoms with van der Waals surface area (Å²) in [5, 5.41) is 8.62. The fourth-order valence-corrected chi connectivity index (χ4v) is 1.80. The summed E-state index contributed by atoms with van der Waals surface area (Å²) in [5.74, 6) is 6.60. The maximum Gasteiger partial charge on any atom is 0.119 e. The number of nitriles is 1. The van der Waals surface area contributed by atoms with Crippen LogP contribution in [0.1, 0.15) is 16.7 Å². The van der Waals surface area contributed by atoms with E-state index < -0.39 is 0 Å². The molecule has 0 fully saturated rings. The molecule has 0 aromatic heterocycles. The predicted octanol–water partition coefficient (Wildman–Crippen LogP) is 2.64. The van der Waals surface area contributed by atoms with Gasteiger partial charge in [-0.3, -0.25) is 0 Å². The summed E-state index contributed by atoms with van der Waals surface area (Å²) in [4.78, 5) is 0. The molecule has 3 nitrogen and oxygen atoms in total. The number of benzene rings is 2. The number of nitrogens with zero attached hydrogens (tertiary/aromatic N) is 1. The molecule has 0 radical (unpaired) electrons. The summed E-state index contributed by atoms with van der Waals surface area (Å²) < 4.78 is 5.71. The van der Waals surface area contributed by atoms with Crippen molar-refractivity contribution in [1.82, 2.24) is 0 Å². The minimum Gasteiger partial charge on any atom is -0.489 e. The van der Waals surface area contributed by atoms with Gasteiger partial charge in [0.15, 0.2) is 0 Å². The van der Waals surface area contributed by atoms with Gasteiger partial charge >= 0.3 is 0 Å². The molecule has 104 valence electrons. The highest BCUT2D eigenvalue weighted by molar-refractivity contribution is 5.36. The number of hydrogen-bond donors (Lipinski definition) is 1. The van der Waals surface area contributed by atoms with Crippen LogP contribution in [-0.4, -0.2) is 6.54 Å². The fourth-order valence-electron chi connectivity index (χ4n) is 1.80. The van der Waals surface area contributed by atoms with Crippen LogP contribution >= 0.6 is 0 Å². The molecule has 0 amide bonds. The highest BCUT2D eigenvalue weighted by Crippen LogP contribution is 2.14. The minimum absolute atomic E-state index is 0.368. The van der Waals surface area contributed by atoms with Crippen LogP contribution in [0, 0.1) is 23.2 Å². The van der Waals surface area contributed by atoms with Gasteiger partial charge < -0.3 is 10.5 Å². The average Bonchev–Trinajstić information content (AvgIpc) is 2.53. The number of hydrogen-bond acceptors (Lipinski definition) is 3. The van der Waals surface area contributed by atoms with Crippen molar-refractivity contribution in [2.75, 3.05) is 6.54 Å². The molecule has 0 aliphatic heterocycles. The first-order valence-electron chi connectivity index (χ1n) is 6.68. The molecule has 0 unspecified atom stereocenters. The van der Waals surface area contributed by atoms with Crippen LogP contribution in [0.4, 0.5) is 0 Å². The minimum atomic E-state index is 0.368. The van der Waals surface area contributed by atoms with Crippen LogP contribution in [0.25, 0.3) is 0 Å². The molecule has 0 aliphatic carbocycles. The molecular formula is C18H16N2O. The van der Waals surface area contributed by atoms with Crippen molar-refractivity contribution in [2.24, 2.45) is 5.73 Å². The molecule has 0 saturated heterocycles. The second kappa shape index (κ2) is 7.75. The third-order valence-corrected chi connectivity index (χ3v) is 2.90. The van der Waals surface area contributed by atoms with Gasteiger partial charge in [0.1, 0.15) is 12.4 Å². The normalized spacial score (nSPS) is 9.33. The van der Waals surface area contributed by atoms with Crippen LogP contribution in [0.5, 0.6) is 5.75 Å². The summed E-state index contributed by atoms with van der Waals surface area (Å²) in [6.45, 7) is 0.870. The Morgan fingerprint density at radius 3 is 2.24 bits per heavy atom. The molecule has 2 aromatic rings. The Labute approximate surface area is 125 Å². The maximum atomic E-state index is 8.62. The fraction of sp³-hybridized carbons (Fsp3) is 0.167. The van der Waals surface area contributed by atoms with E-state index in [4.69, 9.17) is 15.7 Å². The predicted molar refractivity (Wildman–Crippen MR) is 82.5 cm³/mol. The van der Waals surface area contributed by atoms with Gasteiger partial charge in [-0.2, -0.15) is 5.26 Å². The molecule has 0 atom stereocenters. The van der Waals surface area contributed by atoms with Crippen LogP contribution in [0.2, 0.25) is 0 Å². The van der Waals surface area contributed by atoms with E-state index in [9.17, 15) is 0 Å². The van der Waals surface area contributed by atoms with Gasteiger partial charge in [-0.05, 0) is 35.4 Å². The van der Waals surface area contributed by atoms with E-state index in [0.717, 1.165) is 22.4 Å². The Balaban J connectivity index is 1.92. The topological polar surface area (TPSA) is 59.0 Å². The second-order valence-electron chi connectivity index (χ2n) is 4.47. The van der Waals surface area contributed by atoms with E-state index >= 15 is 0 Å². The Kier molecular flexibility index (Phi) is 5.41. The summed E-state index contributed by atoms with van der Waals surface area (Å²) >= 11 is 0. The van der Waals surface area contributed by atoms with Crippen molar-refractivity contribution in [2.45, 2.75) is 13.0 Å². The van der Waals surface area contributed by atoms with Gasteiger partial charge in [0, 0.05) is 5.56 Å². The molecule has 2 N–H and O–H groups in total. The zero-order valence-corrected chi connectivity index (χ0v) is 11.7. The lowest BCUT2D eigenvalue weighted by atomic mass is 10.1. The van der Waals surface area contributed by atoms with E-state index in [0.29, 0.717) is 19.6 Å². The van der Waals surface area contributed by atoms with Gasteiger partial charge in [-0.25, -0.2) is 0 Å². The SMILES string of the molecule is N#CCc1ccc(OCc2ccc(C#CCN)cc2)cc1. The average molecular weight is 276 g/mol. The van der Waals surface area contributed by atoms with Crippen molar-refractivity contribution in [3.8, 4) is 23.7 Å². The Hall–Kier alpha value is -2.75. The number of nitrogens with two attached hydrogens (primary N) is 1. The zero-order valence-electron chi connectivity index (χ0n) is 11.7. The summed E-state index contributed by atoms with van der Waals surface area (Å²) in [7, 11) is 0. The molecule has 0 saturated carbocycles. The Morgan fingerprint density at radius 1 is 0.952 bits per heavy atom. The van der Waals surface area contributed by atoms with Crippen molar-refractivity contribution < 1.29 is 4.74 Å². The van der Waals surface area contributed by atoms with Gasteiger partial charge in [0.25, 0.3) is 0 Å². The zero-order chi connectivity index (χ0) is 14.9. The van der Waals surface area contributed by atoms with Gasteiger partial charge in [-0.1, -0.05) is 36.1 Å². The molecule has 3 heteroatoms. The van der Waals surface area contributed by atoms with Crippen LogP contribution in [0.15, 0.2) is 48.5 Å². The Morgan fingerprint density at radius 2 is 1.62 bits per heavy atom. The van der Waals surface area contributed by atoms with Crippen LogP contribution in [0.3, 0.4) is 0 Å². The summed E-state index contributed by atoms with van der Waals surface area (Å²) in [6.07, 6.45) is 0.422. The second-order valence-corrected chi connectivity index (χ2v) is 4.47. The highest BCUT2D eigenvalue weighted by Gasteiger charge is 1.97. The Bertz CT molecular complexity index is 670. The van der Waals surface area contributed by atoms with Crippen molar-refractivity contribution in [3.05, 3.63) is 65.2 Å². The molecule has 0 bridgehead atoms. The highest BCUT2D eigenvalue weighted by atomic mass is 16.5. The lowest BCUT2D eigenvalue weighted by Gasteiger charge is -2.07. The molecule has 21 heavy (non-hydrogen) atoms. The molecule has 2 rings (SSSR count). The number of ether oxygens (including phenoxy) is 1. The van der Waals surface area contributed by atoms with E-state index in [-0.39, 0.29) is 0 Å². The maximum absolute atomic E-state index is 8.62. The third-order valence-electron chi connectivity index (χ3n) is 2.90. The molecule has 2 aromatic carbocycles. The van der Waals surface area contributed by atoms with E-state index in [1.807, 2.05) is 48.5 Å². The lowest BCUT2D eigenvalue weighted by molar-refractivity contribution is 0.306. The summed E-state index contributed by atoms with van der Waals surface area (Å²) in [6, 6.07) is 17.6. The van der Waals surface area contributed by atoms with Crippen molar-refractivity contribution >= 4 is 0 Å². The van der Waals surface area contributed by atoms with E-state index in [1.54, 1.807) is 0 Å². The lowest BCUT2D eigenvalue weighted by Crippen LogP contribution is -1.96. The first-order valence-corrected chi connectivity index (χ1v) is 6.68. The molecule has 0 heterocycles. The van der Waals surface area contributed by atoms with E-state index in [2.05, 4.69) is 17.9 Å².